The number of ether oxygens (including phenoxy) is 2. The summed E-state index contributed by atoms with van der Waals surface area (Å²) in [4.78, 5) is 41.4. The minimum atomic E-state index is -0.742. The van der Waals surface area contributed by atoms with E-state index in [1.165, 1.54) is 13.8 Å². The fraction of sp³-hybridized carbons (Fsp3) is 0.464. The Morgan fingerprint density at radius 3 is 2.43 bits per heavy atom. The Labute approximate surface area is 207 Å². The van der Waals surface area contributed by atoms with Gasteiger partial charge in [0.1, 0.15) is 11.4 Å². The van der Waals surface area contributed by atoms with Crippen molar-refractivity contribution in [1.29, 1.82) is 0 Å². The summed E-state index contributed by atoms with van der Waals surface area (Å²) in [5.41, 5.74) is 0.348. The van der Waals surface area contributed by atoms with Crippen LogP contribution in [0.4, 0.5) is 0 Å². The van der Waals surface area contributed by atoms with Gasteiger partial charge in [0, 0.05) is 44.5 Å². The summed E-state index contributed by atoms with van der Waals surface area (Å²) in [5.74, 6) is -0.250. The van der Waals surface area contributed by atoms with Crippen molar-refractivity contribution in [2.45, 2.75) is 56.6 Å². The molecule has 1 aliphatic carbocycles. The van der Waals surface area contributed by atoms with Crippen molar-refractivity contribution in [2.24, 2.45) is 0 Å². The lowest BCUT2D eigenvalue weighted by Crippen LogP contribution is -2.68. The molecule has 7 heteroatoms. The molecule has 4 rings (SSSR count). The molecule has 3 atom stereocenters. The number of esters is 2. The second-order valence-corrected chi connectivity index (χ2v) is 9.96. The standard InChI is InChI=1S/C28H34N2O5/c1-20(31)34-25-12-8-11-23(17-25)27-15-16-29(3)19-28(27,35-21(2)32)14-13-24(18-27)30(4)26(33)22-9-6-5-7-10-22/h5-12,17,24H,13-16,18-19H2,1-4H3/t24-,27?,28?/m0/s1. The molecule has 1 heterocycles. The Kier molecular flexibility index (Phi) is 6.99. The fourth-order valence-corrected chi connectivity index (χ4v) is 6.07. The van der Waals surface area contributed by atoms with Crippen LogP contribution in [-0.4, -0.2) is 66.5 Å². The highest BCUT2D eigenvalue weighted by Crippen LogP contribution is 2.54. The first kappa shape index (κ1) is 24.9. The summed E-state index contributed by atoms with van der Waals surface area (Å²) in [6.45, 7) is 4.27. The number of amides is 1. The van der Waals surface area contributed by atoms with E-state index < -0.39 is 11.0 Å². The maximum absolute atomic E-state index is 13.3. The van der Waals surface area contributed by atoms with Crippen molar-refractivity contribution in [3.8, 4) is 5.75 Å². The largest absolute Gasteiger partial charge is 0.457 e. The maximum Gasteiger partial charge on any atom is 0.308 e. The second kappa shape index (κ2) is 9.82. The molecule has 1 saturated heterocycles. The predicted molar refractivity (Wildman–Crippen MR) is 132 cm³/mol. The summed E-state index contributed by atoms with van der Waals surface area (Å²) < 4.78 is 11.6. The molecule has 7 nitrogen and oxygen atoms in total. The summed E-state index contributed by atoms with van der Waals surface area (Å²) in [7, 11) is 3.90. The molecule has 1 saturated carbocycles. The lowest BCUT2D eigenvalue weighted by Gasteiger charge is -2.59. The lowest BCUT2D eigenvalue weighted by atomic mass is 9.55. The molecule has 1 aliphatic heterocycles. The van der Waals surface area contributed by atoms with Crippen LogP contribution in [0.3, 0.4) is 0 Å². The highest BCUT2D eigenvalue weighted by molar-refractivity contribution is 5.94. The number of benzene rings is 2. The van der Waals surface area contributed by atoms with Gasteiger partial charge in [-0.05, 0) is 69.1 Å². The number of piperidine rings is 1. The average molecular weight is 479 g/mol. The quantitative estimate of drug-likeness (QED) is 0.481. The van der Waals surface area contributed by atoms with E-state index in [1.54, 1.807) is 6.07 Å². The van der Waals surface area contributed by atoms with Gasteiger partial charge >= 0.3 is 11.9 Å². The molecular weight excluding hydrogens is 444 g/mol. The first-order valence-electron chi connectivity index (χ1n) is 12.2. The number of hydrogen-bond donors (Lipinski definition) is 0. The Bertz CT molecular complexity index is 1100. The van der Waals surface area contributed by atoms with E-state index in [4.69, 9.17) is 9.47 Å². The van der Waals surface area contributed by atoms with Crippen LogP contribution in [-0.2, 0) is 19.7 Å². The number of nitrogens with zero attached hydrogens (tertiary/aromatic N) is 2. The third-order valence-corrected chi connectivity index (χ3v) is 7.66. The van der Waals surface area contributed by atoms with Gasteiger partial charge in [0.15, 0.2) is 0 Å². The molecule has 2 fully saturated rings. The van der Waals surface area contributed by atoms with E-state index >= 15 is 0 Å². The van der Waals surface area contributed by atoms with Gasteiger partial charge in [-0.1, -0.05) is 30.3 Å². The van der Waals surface area contributed by atoms with Gasteiger partial charge in [0.25, 0.3) is 5.91 Å². The zero-order valence-electron chi connectivity index (χ0n) is 21.0. The molecule has 0 N–H and O–H groups in total. The van der Waals surface area contributed by atoms with Gasteiger partial charge in [-0.25, -0.2) is 0 Å². The Balaban J connectivity index is 1.77. The summed E-state index contributed by atoms with van der Waals surface area (Å²) in [6.07, 6.45) is 2.75. The van der Waals surface area contributed by atoms with E-state index in [0.29, 0.717) is 30.7 Å². The van der Waals surface area contributed by atoms with Crippen LogP contribution in [0.1, 0.15) is 55.5 Å². The number of likely N-dealkylation sites (tertiary alicyclic amines) is 1. The lowest BCUT2D eigenvalue weighted by molar-refractivity contribution is -0.187. The van der Waals surface area contributed by atoms with Gasteiger partial charge < -0.3 is 19.3 Å². The molecule has 0 aromatic heterocycles. The fourth-order valence-electron chi connectivity index (χ4n) is 6.07. The predicted octanol–water partition coefficient (Wildman–Crippen LogP) is 3.81. The molecule has 2 aromatic rings. The van der Waals surface area contributed by atoms with E-state index in [-0.39, 0.29) is 23.9 Å². The van der Waals surface area contributed by atoms with Crippen molar-refractivity contribution < 1.29 is 23.9 Å². The van der Waals surface area contributed by atoms with Crippen molar-refractivity contribution in [2.75, 3.05) is 27.2 Å². The minimum Gasteiger partial charge on any atom is -0.457 e. The molecule has 2 aromatic carbocycles. The van der Waals surface area contributed by atoms with Gasteiger partial charge in [0.2, 0.25) is 0 Å². The summed E-state index contributed by atoms with van der Waals surface area (Å²) in [6, 6.07) is 16.8. The first-order valence-corrected chi connectivity index (χ1v) is 12.2. The van der Waals surface area contributed by atoms with Crippen molar-refractivity contribution in [3.63, 3.8) is 0 Å². The summed E-state index contributed by atoms with van der Waals surface area (Å²) in [5, 5.41) is 0. The Morgan fingerprint density at radius 2 is 1.74 bits per heavy atom. The van der Waals surface area contributed by atoms with Crippen LogP contribution in [0.5, 0.6) is 5.75 Å². The van der Waals surface area contributed by atoms with Crippen LogP contribution in [0, 0.1) is 0 Å². The Hall–Kier alpha value is -3.19. The van der Waals surface area contributed by atoms with Crippen LogP contribution < -0.4 is 4.74 Å². The molecular formula is C28H34N2O5. The normalized spacial score (nSPS) is 26.3. The van der Waals surface area contributed by atoms with Gasteiger partial charge in [-0.2, -0.15) is 0 Å². The third-order valence-electron chi connectivity index (χ3n) is 7.66. The molecule has 0 spiro atoms. The van der Waals surface area contributed by atoms with E-state index in [0.717, 1.165) is 24.9 Å². The molecule has 2 unspecified atom stereocenters. The molecule has 2 aliphatic rings. The first-order chi connectivity index (χ1) is 16.7. The molecule has 1 amide bonds. The number of carbonyl (C=O) groups is 3. The van der Waals surface area contributed by atoms with Crippen molar-refractivity contribution in [3.05, 3.63) is 65.7 Å². The van der Waals surface area contributed by atoms with E-state index in [9.17, 15) is 14.4 Å². The molecule has 0 bridgehead atoms. The zero-order chi connectivity index (χ0) is 25.2. The van der Waals surface area contributed by atoms with E-state index in [1.807, 2.05) is 67.5 Å². The highest BCUT2D eigenvalue weighted by Gasteiger charge is 2.61. The molecule has 35 heavy (non-hydrogen) atoms. The van der Waals surface area contributed by atoms with Crippen molar-refractivity contribution >= 4 is 17.8 Å². The SMILES string of the molecule is CC(=O)Oc1cccc(C23CCN(C)CC2(OC(C)=O)CC[C@H](N(C)C(=O)c2ccccc2)C3)c1. The molecule has 186 valence electrons. The smallest absolute Gasteiger partial charge is 0.308 e. The number of fused-ring (bicyclic) bond motifs is 1. The molecule has 0 radical (unpaired) electrons. The van der Waals surface area contributed by atoms with Gasteiger partial charge in [-0.15, -0.1) is 0 Å². The van der Waals surface area contributed by atoms with E-state index in [2.05, 4.69) is 4.90 Å². The monoisotopic (exact) mass is 478 g/mol. The highest BCUT2D eigenvalue weighted by atomic mass is 16.6. The van der Waals surface area contributed by atoms with Gasteiger partial charge in [0.05, 0.1) is 0 Å². The topological polar surface area (TPSA) is 76.2 Å². The number of likely N-dealkylation sites (N-methyl/N-ethyl adjacent to an activating group) is 1. The average Bonchev–Trinajstić information content (AvgIpc) is 2.82. The Morgan fingerprint density at radius 1 is 1.00 bits per heavy atom. The number of carbonyl (C=O) groups excluding carboxylic acids is 3. The summed E-state index contributed by atoms with van der Waals surface area (Å²) >= 11 is 0. The number of hydrogen-bond acceptors (Lipinski definition) is 6. The number of rotatable bonds is 5. The van der Waals surface area contributed by atoms with Crippen LogP contribution >= 0.6 is 0 Å². The van der Waals surface area contributed by atoms with Crippen LogP contribution in [0.15, 0.2) is 54.6 Å². The maximum atomic E-state index is 13.3. The zero-order valence-corrected chi connectivity index (χ0v) is 21.0. The van der Waals surface area contributed by atoms with Crippen molar-refractivity contribution in [1.82, 2.24) is 9.80 Å². The van der Waals surface area contributed by atoms with Crippen LogP contribution in [0.2, 0.25) is 0 Å². The van der Waals surface area contributed by atoms with Crippen LogP contribution in [0.25, 0.3) is 0 Å². The van der Waals surface area contributed by atoms with Gasteiger partial charge in [-0.3, -0.25) is 14.4 Å². The second-order valence-electron chi connectivity index (χ2n) is 9.96. The third kappa shape index (κ3) is 4.82. The minimum absolute atomic E-state index is 0.0210.